The third kappa shape index (κ3) is 4.47. The molecule has 2 aromatic carbocycles. The average Bonchev–Trinajstić information content (AvgIpc) is 2.90. The van der Waals surface area contributed by atoms with Gasteiger partial charge in [0, 0.05) is 36.6 Å². The molecule has 40 heavy (non-hydrogen) atoms. The normalized spacial score (nSPS) is 29.1. The van der Waals surface area contributed by atoms with Gasteiger partial charge in [-0.25, -0.2) is 0 Å². The van der Waals surface area contributed by atoms with E-state index in [2.05, 4.69) is 0 Å². The maximum absolute atomic E-state index is 13.7. The summed E-state index contributed by atoms with van der Waals surface area (Å²) in [5.41, 5.74) is 3.35. The van der Waals surface area contributed by atoms with Crippen LogP contribution in [0.4, 0.5) is 0 Å². The SMILES string of the molecule is COc1cccc2c1C(=O)c1c(O)c3c(c(O)c1C2=O)C[C@@](O)(C(C)=O)C[C@@H]3O[C@@H]1O[C@@H](C)[C@H](OC)C[C@H]1N.Cl. The van der Waals surface area contributed by atoms with Crippen molar-refractivity contribution >= 4 is 29.8 Å². The van der Waals surface area contributed by atoms with E-state index >= 15 is 0 Å². The second-order valence-corrected chi connectivity index (χ2v) is 10.4. The number of phenolic OH excluding ortho intramolecular Hbond substituents is 2. The van der Waals surface area contributed by atoms with Gasteiger partial charge in [0.1, 0.15) is 22.8 Å². The Morgan fingerprint density at radius 3 is 2.40 bits per heavy atom. The van der Waals surface area contributed by atoms with Gasteiger partial charge in [0.2, 0.25) is 5.78 Å². The fourth-order valence-corrected chi connectivity index (χ4v) is 5.86. The predicted octanol–water partition coefficient (Wildman–Crippen LogP) is 2.10. The Hall–Kier alpha value is -3.06. The molecule has 0 amide bonds. The van der Waals surface area contributed by atoms with Crippen LogP contribution in [0.1, 0.15) is 75.8 Å². The average molecular weight is 578 g/mol. The summed E-state index contributed by atoms with van der Waals surface area (Å²) in [4.78, 5) is 39.8. The zero-order valence-corrected chi connectivity index (χ0v) is 23.2. The highest BCUT2D eigenvalue weighted by atomic mass is 35.5. The molecular weight excluding hydrogens is 546 g/mol. The van der Waals surface area contributed by atoms with Crippen molar-refractivity contribution in [2.24, 2.45) is 5.73 Å². The highest BCUT2D eigenvalue weighted by Crippen LogP contribution is 2.52. The van der Waals surface area contributed by atoms with E-state index < -0.39 is 76.5 Å². The molecule has 11 nitrogen and oxygen atoms in total. The number of benzene rings is 2. The number of methoxy groups -OCH3 is 2. The van der Waals surface area contributed by atoms with Crippen molar-refractivity contribution in [3.8, 4) is 17.2 Å². The van der Waals surface area contributed by atoms with E-state index in [4.69, 9.17) is 24.7 Å². The summed E-state index contributed by atoms with van der Waals surface area (Å²) in [6, 6.07) is 3.81. The van der Waals surface area contributed by atoms with Gasteiger partial charge >= 0.3 is 0 Å². The Balaban J connectivity index is 0.00000370. The van der Waals surface area contributed by atoms with Crippen LogP contribution >= 0.6 is 12.4 Å². The van der Waals surface area contributed by atoms with Crippen molar-refractivity contribution in [2.75, 3.05) is 14.2 Å². The first kappa shape index (κ1) is 29.9. The standard InChI is InChI=1S/C28H31NO10.ClH/c1-11-17(37-4)8-15(29)27(38-11)39-18-10-28(35,12(2)30)9-14-20(18)26(34)22-21(24(14)32)23(31)13-6-5-7-16(36-3)19(13)25(22)33;/h5-7,11,15,17-18,27,32,34-35H,8-10,29H2,1-4H3;1H/t11-,15+,17+,18-,27-,28-;/m0./s1. The lowest BCUT2D eigenvalue weighted by molar-refractivity contribution is -0.253. The van der Waals surface area contributed by atoms with E-state index in [1.807, 2.05) is 0 Å². The molecule has 1 fully saturated rings. The molecular formula is C28H32ClNO10. The van der Waals surface area contributed by atoms with Crippen molar-refractivity contribution in [1.82, 2.24) is 0 Å². The lowest BCUT2D eigenvalue weighted by Gasteiger charge is -2.43. The van der Waals surface area contributed by atoms with Crippen LogP contribution in [-0.4, -0.2) is 77.0 Å². The Kier molecular flexibility index (Phi) is 8.03. The highest BCUT2D eigenvalue weighted by molar-refractivity contribution is 6.31. The van der Waals surface area contributed by atoms with Crippen molar-refractivity contribution in [1.29, 1.82) is 0 Å². The van der Waals surface area contributed by atoms with Gasteiger partial charge in [-0.3, -0.25) is 14.4 Å². The minimum Gasteiger partial charge on any atom is -0.507 e. The summed E-state index contributed by atoms with van der Waals surface area (Å²) in [6.45, 7) is 2.98. The van der Waals surface area contributed by atoms with Crippen LogP contribution in [0, 0.1) is 0 Å². The molecule has 1 heterocycles. The maximum Gasteiger partial charge on any atom is 0.202 e. The first-order valence-corrected chi connectivity index (χ1v) is 12.6. The van der Waals surface area contributed by atoms with Crippen molar-refractivity contribution < 1.29 is 48.7 Å². The minimum atomic E-state index is -1.99. The summed E-state index contributed by atoms with van der Waals surface area (Å²) in [5.74, 6) is -3.09. The summed E-state index contributed by atoms with van der Waals surface area (Å²) in [6.07, 6.45) is -3.24. The van der Waals surface area contributed by atoms with Crippen LogP contribution in [-0.2, 0) is 25.4 Å². The molecule has 1 saturated heterocycles. The van der Waals surface area contributed by atoms with Gasteiger partial charge in [-0.1, -0.05) is 12.1 Å². The minimum absolute atomic E-state index is 0. The van der Waals surface area contributed by atoms with E-state index in [1.165, 1.54) is 39.3 Å². The quantitative estimate of drug-likeness (QED) is 0.327. The van der Waals surface area contributed by atoms with Crippen LogP contribution in [0.5, 0.6) is 17.2 Å². The zero-order valence-electron chi connectivity index (χ0n) is 22.4. The largest absolute Gasteiger partial charge is 0.507 e. The molecule has 0 radical (unpaired) electrons. The molecule has 6 atom stereocenters. The van der Waals surface area contributed by atoms with Gasteiger partial charge in [0.25, 0.3) is 0 Å². The summed E-state index contributed by atoms with van der Waals surface area (Å²) in [5, 5.41) is 34.2. The molecule has 2 aromatic rings. The van der Waals surface area contributed by atoms with Crippen molar-refractivity contribution in [3.05, 3.63) is 51.6 Å². The number of ether oxygens (including phenoxy) is 4. The molecule has 12 heteroatoms. The van der Waals surface area contributed by atoms with Crippen LogP contribution in [0.2, 0.25) is 0 Å². The first-order chi connectivity index (χ1) is 18.4. The Morgan fingerprint density at radius 1 is 1.10 bits per heavy atom. The van der Waals surface area contributed by atoms with Gasteiger partial charge in [0.05, 0.1) is 48.2 Å². The van der Waals surface area contributed by atoms with Crippen LogP contribution < -0.4 is 10.5 Å². The highest BCUT2D eigenvalue weighted by Gasteiger charge is 2.49. The molecule has 5 rings (SSSR count). The third-order valence-corrected chi connectivity index (χ3v) is 8.06. The Morgan fingerprint density at radius 2 is 1.77 bits per heavy atom. The summed E-state index contributed by atoms with van der Waals surface area (Å²) >= 11 is 0. The smallest absolute Gasteiger partial charge is 0.202 e. The number of phenols is 2. The maximum atomic E-state index is 13.7. The van der Waals surface area contributed by atoms with Gasteiger partial charge < -0.3 is 40.0 Å². The molecule has 0 aromatic heterocycles. The summed E-state index contributed by atoms with van der Waals surface area (Å²) in [7, 11) is 2.89. The third-order valence-electron chi connectivity index (χ3n) is 8.06. The van der Waals surface area contributed by atoms with Crippen LogP contribution in [0.25, 0.3) is 0 Å². The van der Waals surface area contributed by atoms with E-state index in [9.17, 15) is 29.7 Å². The fraction of sp³-hybridized carbons (Fsp3) is 0.464. The molecule has 3 aliphatic rings. The number of aliphatic hydroxyl groups is 1. The van der Waals surface area contributed by atoms with Crippen LogP contribution in [0.15, 0.2) is 18.2 Å². The fourth-order valence-electron chi connectivity index (χ4n) is 5.86. The second-order valence-electron chi connectivity index (χ2n) is 10.4. The zero-order chi connectivity index (χ0) is 28.4. The molecule has 1 aliphatic heterocycles. The number of rotatable bonds is 5. The predicted molar refractivity (Wildman–Crippen MR) is 142 cm³/mol. The number of hydrogen-bond acceptors (Lipinski definition) is 11. The molecule has 2 aliphatic carbocycles. The van der Waals surface area contributed by atoms with Gasteiger partial charge in [-0.2, -0.15) is 0 Å². The number of aromatic hydroxyl groups is 2. The summed E-state index contributed by atoms with van der Waals surface area (Å²) < 4.78 is 22.8. The number of halogens is 1. The lowest BCUT2D eigenvalue weighted by atomic mass is 9.72. The molecule has 5 N–H and O–H groups in total. The number of carbonyl (C=O) groups excluding carboxylic acids is 3. The molecule has 0 unspecified atom stereocenters. The first-order valence-electron chi connectivity index (χ1n) is 12.6. The van der Waals surface area contributed by atoms with E-state index in [0.717, 1.165) is 0 Å². The molecule has 0 saturated carbocycles. The van der Waals surface area contributed by atoms with E-state index in [-0.39, 0.29) is 52.9 Å². The van der Waals surface area contributed by atoms with Gasteiger partial charge in [-0.15, -0.1) is 12.4 Å². The van der Waals surface area contributed by atoms with Gasteiger partial charge in [0.15, 0.2) is 17.9 Å². The number of ketones is 3. The second kappa shape index (κ2) is 10.7. The lowest BCUT2D eigenvalue weighted by Crippen LogP contribution is -2.53. The number of Topliss-reactive ketones (excluding diaryl/α,β-unsaturated/α-hetero) is 1. The molecule has 0 bridgehead atoms. The Labute approximate surface area is 236 Å². The monoisotopic (exact) mass is 577 g/mol. The molecule has 0 spiro atoms. The van der Waals surface area contributed by atoms with Crippen molar-refractivity contribution in [2.45, 2.75) is 69.4 Å². The Bertz CT molecular complexity index is 1390. The van der Waals surface area contributed by atoms with E-state index in [1.54, 1.807) is 6.92 Å². The van der Waals surface area contributed by atoms with Crippen molar-refractivity contribution in [3.63, 3.8) is 0 Å². The molecule has 216 valence electrons. The van der Waals surface area contributed by atoms with Crippen LogP contribution in [0.3, 0.4) is 0 Å². The number of hydrogen-bond donors (Lipinski definition) is 4. The van der Waals surface area contributed by atoms with E-state index in [0.29, 0.717) is 6.42 Å². The number of nitrogens with two attached hydrogens (primary N) is 1. The number of carbonyl (C=O) groups is 3. The van der Waals surface area contributed by atoms with Gasteiger partial charge in [-0.05, 0) is 26.3 Å². The number of fused-ring (bicyclic) bond motifs is 3. The topological polar surface area (TPSA) is 175 Å².